The molecule has 1 N–H and O–H groups in total. The standard InChI is InChI=1S/C25H17Cl2FN2O5/c1-2-34-19-5-3-4-6-20(19)35-25(33)14-7-9-15(10-8-14)29-22-21(27)23(31)30(24(22)32)16-11-12-18(28)17(26)13-16/h3-13,29H,2H2,1H3. The fourth-order valence-electron chi connectivity index (χ4n) is 3.27. The number of hydrogen-bond acceptors (Lipinski definition) is 6. The van der Waals surface area contributed by atoms with Gasteiger partial charge in [-0.1, -0.05) is 35.3 Å². The van der Waals surface area contributed by atoms with E-state index in [0.29, 0.717) is 18.0 Å². The second kappa shape index (κ2) is 10.2. The topological polar surface area (TPSA) is 84.9 Å². The van der Waals surface area contributed by atoms with Crippen LogP contribution in [0, 0.1) is 5.82 Å². The molecule has 0 unspecified atom stereocenters. The Labute approximate surface area is 209 Å². The largest absolute Gasteiger partial charge is 0.490 e. The normalized spacial score (nSPS) is 13.3. The molecule has 1 aliphatic heterocycles. The lowest BCUT2D eigenvalue weighted by Gasteiger charge is -2.15. The zero-order valence-corrected chi connectivity index (χ0v) is 19.7. The average molecular weight is 515 g/mol. The van der Waals surface area contributed by atoms with Crippen LogP contribution in [0.1, 0.15) is 17.3 Å². The number of carbonyl (C=O) groups excluding carboxylic acids is 3. The highest BCUT2D eigenvalue weighted by Gasteiger charge is 2.39. The summed E-state index contributed by atoms with van der Waals surface area (Å²) in [5.41, 5.74) is 0.549. The Balaban J connectivity index is 1.48. The highest BCUT2D eigenvalue weighted by atomic mass is 35.5. The van der Waals surface area contributed by atoms with E-state index in [1.165, 1.54) is 30.3 Å². The molecule has 2 amide bonds. The number of para-hydroxylation sites is 2. The first-order valence-electron chi connectivity index (χ1n) is 10.3. The Bertz CT molecular complexity index is 1360. The van der Waals surface area contributed by atoms with Crippen molar-refractivity contribution >= 4 is 52.4 Å². The fourth-order valence-corrected chi connectivity index (χ4v) is 3.66. The molecule has 0 saturated carbocycles. The van der Waals surface area contributed by atoms with E-state index >= 15 is 0 Å². The zero-order valence-electron chi connectivity index (χ0n) is 18.2. The highest BCUT2D eigenvalue weighted by molar-refractivity contribution is 6.53. The number of halogens is 3. The van der Waals surface area contributed by atoms with E-state index < -0.39 is 23.6 Å². The Morgan fingerprint density at radius 2 is 1.66 bits per heavy atom. The number of nitrogens with zero attached hydrogens (tertiary/aromatic N) is 1. The monoisotopic (exact) mass is 514 g/mol. The Morgan fingerprint density at radius 3 is 2.31 bits per heavy atom. The van der Waals surface area contributed by atoms with E-state index in [-0.39, 0.29) is 32.8 Å². The lowest BCUT2D eigenvalue weighted by molar-refractivity contribution is -0.120. The smallest absolute Gasteiger partial charge is 0.343 e. The maximum Gasteiger partial charge on any atom is 0.343 e. The summed E-state index contributed by atoms with van der Waals surface area (Å²) in [6, 6.07) is 16.3. The summed E-state index contributed by atoms with van der Waals surface area (Å²) in [5, 5.41) is 2.21. The van der Waals surface area contributed by atoms with E-state index in [9.17, 15) is 18.8 Å². The van der Waals surface area contributed by atoms with Gasteiger partial charge in [-0.25, -0.2) is 14.1 Å². The molecule has 1 heterocycles. The molecule has 0 spiro atoms. The van der Waals surface area contributed by atoms with E-state index in [4.69, 9.17) is 32.7 Å². The van der Waals surface area contributed by atoms with Crippen LogP contribution in [0.25, 0.3) is 0 Å². The van der Waals surface area contributed by atoms with Crippen molar-refractivity contribution in [3.05, 3.63) is 93.9 Å². The van der Waals surface area contributed by atoms with Crippen LogP contribution < -0.4 is 19.7 Å². The van der Waals surface area contributed by atoms with E-state index in [1.807, 2.05) is 6.92 Å². The van der Waals surface area contributed by atoms with E-state index in [2.05, 4.69) is 5.32 Å². The van der Waals surface area contributed by atoms with Gasteiger partial charge in [0.05, 0.1) is 22.9 Å². The molecule has 1 aliphatic rings. The maximum atomic E-state index is 13.5. The number of rotatable bonds is 7. The molecule has 35 heavy (non-hydrogen) atoms. The van der Waals surface area contributed by atoms with Gasteiger partial charge in [0.25, 0.3) is 11.8 Å². The molecule has 0 aromatic heterocycles. The summed E-state index contributed by atoms with van der Waals surface area (Å²) >= 11 is 11.9. The van der Waals surface area contributed by atoms with Gasteiger partial charge in [-0.2, -0.15) is 0 Å². The van der Waals surface area contributed by atoms with Crippen LogP contribution in [0.2, 0.25) is 5.02 Å². The summed E-state index contributed by atoms with van der Waals surface area (Å²) in [6.45, 7) is 2.24. The van der Waals surface area contributed by atoms with Crippen molar-refractivity contribution < 1.29 is 28.2 Å². The number of nitrogens with one attached hydrogen (secondary N) is 1. The van der Waals surface area contributed by atoms with Crippen LogP contribution in [-0.2, 0) is 9.59 Å². The van der Waals surface area contributed by atoms with Gasteiger partial charge in [-0.15, -0.1) is 0 Å². The molecule has 0 fully saturated rings. The Hall–Kier alpha value is -3.88. The molecule has 0 atom stereocenters. The van der Waals surface area contributed by atoms with Gasteiger partial charge < -0.3 is 14.8 Å². The number of benzene rings is 3. The summed E-state index contributed by atoms with van der Waals surface area (Å²) in [6.07, 6.45) is 0. The summed E-state index contributed by atoms with van der Waals surface area (Å²) in [5.74, 6) is -2.08. The van der Waals surface area contributed by atoms with Gasteiger partial charge in [0, 0.05) is 5.69 Å². The summed E-state index contributed by atoms with van der Waals surface area (Å²) in [4.78, 5) is 38.8. The molecule has 4 rings (SSSR count). The number of esters is 1. The maximum absolute atomic E-state index is 13.5. The first-order valence-corrected chi connectivity index (χ1v) is 11.1. The molecular weight excluding hydrogens is 498 g/mol. The van der Waals surface area contributed by atoms with E-state index in [1.54, 1.807) is 24.3 Å². The van der Waals surface area contributed by atoms with Crippen LogP contribution in [0.15, 0.2) is 77.5 Å². The molecule has 0 bridgehead atoms. The molecule has 0 aliphatic carbocycles. The van der Waals surface area contributed by atoms with Crippen molar-refractivity contribution in [2.75, 3.05) is 16.8 Å². The Kier molecular flexibility index (Phi) is 7.04. The van der Waals surface area contributed by atoms with Gasteiger partial charge in [0.2, 0.25) is 0 Å². The lowest BCUT2D eigenvalue weighted by Crippen LogP contribution is -2.32. The van der Waals surface area contributed by atoms with Crippen LogP contribution in [0.5, 0.6) is 11.5 Å². The summed E-state index contributed by atoms with van der Waals surface area (Å²) < 4.78 is 24.4. The molecule has 178 valence electrons. The van der Waals surface area contributed by atoms with E-state index in [0.717, 1.165) is 17.0 Å². The highest BCUT2D eigenvalue weighted by Crippen LogP contribution is 2.32. The number of ether oxygens (including phenoxy) is 2. The first-order chi connectivity index (χ1) is 16.8. The number of carbonyl (C=O) groups is 3. The van der Waals surface area contributed by atoms with Gasteiger partial charge in [-0.3, -0.25) is 9.59 Å². The van der Waals surface area contributed by atoms with Crippen molar-refractivity contribution in [3.63, 3.8) is 0 Å². The van der Waals surface area contributed by atoms with Gasteiger partial charge in [0.1, 0.15) is 16.5 Å². The van der Waals surface area contributed by atoms with Gasteiger partial charge in [0.15, 0.2) is 11.5 Å². The van der Waals surface area contributed by atoms with Crippen molar-refractivity contribution in [2.45, 2.75) is 6.92 Å². The van der Waals surface area contributed by atoms with Crippen molar-refractivity contribution in [1.29, 1.82) is 0 Å². The third-order valence-corrected chi connectivity index (χ3v) is 5.57. The van der Waals surface area contributed by atoms with Crippen molar-refractivity contribution in [3.8, 4) is 11.5 Å². The summed E-state index contributed by atoms with van der Waals surface area (Å²) in [7, 11) is 0. The lowest BCUT2D eigenvalue weighted by atomic mass is 10.2. The molecule has 7 nitrogen and oxygen atoms in total. The quantitative estimate of drug-likeness (QED) is 0.253. The minimum absolute atomic E-state index is 0.0757. The zero-order chi connectivity index (χ0) is 25.1. The molecule has 10 heteroatoms. The number of hydrogen-bond donors (Lipinski definition) is 1. The van der Waals surface area contributed by atoms with Crippen LogP contribution >= 0.6 is 23.2 Å². The third-order valence-electron chi connectivity index (χ3n) is 4.93. The predicted molar refractivity (Wildman–Crippen MR) is 129 cm³/mol. The molecule has 0 radical (unpaired) electrons. The number of imide groups is 1. The average Bonchev–Trinajstić information content (AvgIpc) is 3.06. The number of anilines is 2. The minimum atomic E-state index is -0.782. The predicted octanol–water partition coefficient (Wildman–Crippen LogP) is 5.53. The van der Waals surface area contributed by atoms with Gasteiger partial charge >= 0.3 is 5.97 Å². The Morgan fingerprint density at radius 1 is 0.971 bits per heavy atom. The molecular formula is C25H17Cl2FN2O5. The van der Waals surface area contributed by atoms with Crippen molar-refractivity contribution in [1.82, 2.24) is 0 Å². The molecule has 3 aromatic rings. The second-order valence-corrected chi connectivity index (χ2v) is 7.99. The fraction of sp³-hybridized carbons (Fsp3) is 0.0800. The SMILES string of the molecule is CCOc1ccccc1OC(=O)c1ccc(NC2=C(Cl)C(=O)N(c3ccc(F)c(Cl)c3)C2=O)cc1. The van der Waals surface area contributed by atoms with Gasteiger partial charge in [-0.05, 0) is 61.5 Å². The minimum Gasteiger partial charge on any atom is -0.490 e. The third kappa shape index (κ3) is 4.99. The number of amides is 2. The van der Waals surface area contributed by atoms with Crippen LogP contribution in [-0.4, -0.2) is 24.4 Å². The molecule has 3 aromatic carbocycles. The second-order valence-electron chi connectivity index (χ2n) is 7.20. The van der Waals surface area contributed by atoms with Crippen molar-refractivity contribution in [2.24, 2.45) is 0 Å². The first kappa shape index (κ1) is 24.3. The van der Waals surface area contributed by atoms with Crippen LogP contribution in [0.3, 0.4) is 0 Å². The van der Waals surface area contributed by atoms with Crippen LogP contribution in [0.4, 0.5) is 15.8 Å². The molecule has 0 saturated heterocycles.